The Morgan fingerprint density at radius 2 is 2.12 bits per heavy atom. The summed E-state index contributed by atoms with van der Waals surface area (Å²) in [5.74, 6) is -0.113. The minimum absolute atomic E-state index is 0.0701. The molecule has 1 amide bonds. The van der Waals surface area contributed by atoms with Crippen LogP contribution in [0.1, 0.15) is 25.0 Å². The van der Waals surface area contributed by atoms with Crippen molar-refractivity contribution in [2.75, 3.05) is 29.9 Å². The summed E-state index contributed by atoms with van der Waals surface area (Å²) in [5.41, 5.74) is 8.64. The molecule has 2 aliphatic heterocycles. The van der Waals surface area contributed by atoms with Crippen molar-refractivity contribution in [3.63, 3.8) is 0 Å². The SMILES string of the molecule is CC(C)Oc1ccc(Cl)cc1N1CCOC(C(O)C(=O)Nc2ccc3c(c2)CN=C3N)C(=O)C1. The molecule has 2 aromatic carbocycles. The number of amidine groups is 1. The van der Waals surface area contributed by atoms with Crippen molar-refractivity contribution in [3.05, 3.63) is 52.5 Å². The number of nitrogens with two attached hydrogens (primary N) is 1. The number of carbonyl (C=O) groups excluding carboxylic acids is 2. The molecular weight excluding hydrogens is 460 g/mol. The van der Waals surface area contributed by atoms with E-state index in [-0.39, 0.29) is 19.3 Å². The standard InChI is InChI=1S/C24H27ClN4O5/c1-13(2)34-20-6-3-15(25)10-18(20)29-7-8-33-22(19(30)12-29)21(31)24(32)28-16-4-5-17-14(9-16)11-27-23(17)26/h3-6,9-10,13,21-22,31H,7-8,11-12H2,1-2H3,(H2,26,27)(H,28,32). The van der Waals surface area contributed by atoms with E-state index in [0.29, 0.717) is 41.1 Å². The van der Waals surface area contributed by atoms with Gasteiger partial charge < -0.3 is 30.5 Å². The van der Waals surface area contributed by atoms with Crippen LogP contribution in [0.5, 0.6) is 5.75 Å². The summed E-state index contributed by atoms with van der Waals surface area (Å²) in [6.07, 6.45) is -3.04. The van der Waals surface area contributed by atoms with E-state index in [1.165, 1.54) is 0 Å². The van der Waals surface area contributed by atoms with Crippen molar-refractivity contribution in [2.45, 2.75) is 38.7 Å². The van der Waals surface area contributed by atoms with Gasteiger partial charge in [0.05, 0.1) is 31.5 Å². The van der Waals surface area contributed by atoms with Crippen LogP contribution < -0.4 is 20.7 Å². The van der Waals surface area contributed by atoms with Gasteiger partial charge in [0.1, 0.15) is 11.6 Å². The Balaban J connectivity index is 1.45. The minimum atomic E-state index is -1.67. The molecule has 1 fully saturated rings. The molecule has 0 aromatic heterocycles. The minimum Gasteiger partial charge on any atom is -0.489 e. The zero-order chi connectivity index (χ0) is 24.4. The first-order valence-corrected chi connectivity index (χ1v) is 11.4. The zero-order valence-corrected chi connectivity index (χ0v) is 19.7. The fourth-order valence-electron chi connectivity index (χ4n) is 3.97. The van der Waals surface area contributed by atoms with Crippen LogP contribution in [0.15, 0.2) is 41.4 Å². The number of carbonyl (C=O) groups is 2. The number of fused-ring (bicyclic) bond motifs is 1. The van der Waals surface area contributed by atoms with Gasteiger partial charge in [-0.1, -0.05) is 11.6 Å². The third kappa shape index (κ3) is 5.16. The van der Waals surface area contributed by atoms with E-state index in [1.54, 1.807) is 41.3 Å². The summed E-state index contributed by atoms with van der Waals surface area (Å²) >= 11 is 6.19. The molecule has 0 saturated carbocycles. The molecule has 2 aliphatic rings. The molecule has 4 rings (SSSR count). The summed E-state index contributed by atoms with van der Waals surface area (Å²) < 4.78 is 11.5. The number of amides is 1. The largest absolute Gasteiger partial charge is 0.489 e. The maximum absolute atomic E-state index is 13.0. The average molecular weight is 487 g/mol. The number of anilines is 2. The van der Waals surface area contributed by atoms with Crippen molar-refractivity contribution < 1.29 is 24.2 Å². The summed E-state index contributed by atoms with van der Waals surface area (Å²) in [7, 11) is 0. The summed E-state index contributed by atoms with van der Waals surface area (Å²) in [4.78, 5) is 31.6. The van der Waals surface area contributed by atoms with Crippen molar-refractivity contribution in [1.29, 1.82) is 0 Å². The van der Waals surface area contributed by atoms with Crippen LogP contribution in [-0.4, -0.2) is 60.6 Å². The number of Topliss-reactive ketones (excluding diaryl/α,β-unsaturated/α-hetero) is 1. The zero-order valence-electron chi connectivity index (χ0n) is 19.0. The number of rotatable bonds is 6. The number of ketones is 1. The Morgan fingerprint density at radius 1 is 1.32 bits per heavy atom. The second-order valence-electron chi connectivity index (χ2n) is 8.47. The average Bonchev–Trinajstić information content (AvgIpc) is 3.04. The van der Waals surface area contributed by atoms with Crippen LogP contribution >= 0.6 is 11.6 Å². The number of nitrogens with one attached hydrogen (secondary N) is 1. The lowest BCUT2D eigenvalue weighted by Crippen LogP contribution is -2.45. The van der Waals surface area contributed by atoms with Crippen molar-refractivity contribution in [2.24, 2.45) is 10.7 Å². The molecule has 2 atom stereocenters. The van der Waals surface area contributed by atoms with Gasteiger partial charge in [0.2, 0.25) is 0 Å². The van der Waals surface area contributed by atoms with E-state index < -0.39 is 23.9 Å². The highest BCUT2D eigenvalue weighted by molar-refractivity contribution is 6.31. The highest BCUT2D eigenvalue weighted by Gasteiger charge is 2.36. The summed E-state index contributed by atoms with van der Waals surface area (Å²) in [6, 6.07) is 10.4. The van der Waals surface area contributed by atoms with Gasteiger partial charge in [-0.05, 0) is 55.8 Å². The number of benzene rings is 2. The Morgan fingerprint density at radius 3 is 2.88 bits per heavy atom. The molecule has 4 N–H and O–H groups in total. The molecule has 0 spiro atoms. The Bertz CT molecular complexity index is 1140. The van der Waals surface area contributed by atoms with E-state index in [2.05, 4.69) is 10.3 Å². The molecule has 2 unspecified atom stereocenters. The second kappa shape index (κ2) is 10.0. The molecule has 34 heavy (non-hydrogen) atoms. The summed E-state index contributed by atoms with van der Waals surface area (Å²) in [5, 5.41) is 13.8. The van der Waals surface area contributed by atoms with Crippen molar-refractivity contribution in [3.8, 4) is 5.75 Å². The molecule has 9 nitrogen and oxygen atoms in total. The Hall–Kier alpha value is -3.14. The van der Waals surface area contributed by atoms with E-state index in [0.717, 1.165) is 11.1 Å². The number of nitrogens with zero attached hydrogens (tertiary/aromatic N) is 2. The lowest BCUT2D eigenvalue weighted by atomic mass is 10.1. The van der Waals surface area contributed by atoms with E-state index >= 15 is 0 Å². The first kappa shape index (κ1) is 24.0. The second-order valence-corrected chi connectivity index (χ2v) is 8.90. The molecule has 0 radical (unpaired) electrons. The molecule has 2 aromatic rings. The fourth-order valence-corrected chi connectivity index (χ4v) is 4.13. The van der Waals surface area contributed by atoms with Crippen LogP contribution in [0, 0.1) is 0 Å². The van der Waals surface area contributed by atoms with Gasteiger partial charge >= 0.3 is 0 Å². The summed E-state index contributed by atoms with van der Waals surface area (Å²) in [6.45, 7) is 4.66. The topological polar surface area (TPSA) is 126 Å². The normalized spacial score (nSPS) is 18.9. The van der Waals surface area contributed by atoms with Gasteiger partial charge in [0.25, 0.3) is 5.91 Å². The van der Waals surface area contributed by atoms with Crippen LogP contribution in [-0.2, 0) is 20.9 Å². The smallest absolute Gasteiger partial charge is 0.256 e. The lowest BCUT2D eigenvalue weighted by molar-refractivity contribution is -0.144. The molecule has 1 saturated heterocycles. The Labute approximate surface area is 202 Å². The first-order chi connectivity index (χ1) is 16.2. The van der Waals surface area contributed by atoms with Gasteiger partial charge in [-0.3, -0.25) is 14.6 Å². The Kier molecular flexibility index (Phi) is 7.06. The van der Waals surface area contributed by atoms with Gasteiger partial charge in [-0.2, -0.15) is 0 Å². The van der Waals surface area contributed by atoms with Crippen molar-refractivity contribution in [1.82, 2.24) is 0 Å². The molecule has 0 bridgehead atoms. The lowest BCUT2D eigenvalue weighted by Gasteiger charge is -2.25. The quantitative estimate of drug-likeness (QED) is 0.570. The molecule has 180 valence electrons. The van der Waals surface area contributed by atoms with Gasteiger partial charge in [-0.15, -0.1) is 0 Å². The van der Waals surface area contributed by atoms with Crippen LogP contribution in [0.4, 0.5) is 11.4 Å². The van der Waals surface area contributed by atoms with E-state index in [9.17, 15) is 14.7 Å². The van der Waals surface area contributed by atoms with E-state index in [4.69, 9.17) is 26.8 Å². The highest BCUT2D eigenvalue weighted by Crippen LogP contribution is 2.33. The molecule has 0 aliphatic carbocycles. The first-order valence-electron chi connectivity index (χ1n) is 11.0. The number of aliphatic hydroxyl groups excluding tert-OH is 1. The van der Waals surface area contributed by atoms with Crippen molar-refractivity contribution >= 4 is 40.5 Å². The molecular formula is C24H27ClN4O5. The number of halogens is 1. The third-order valence-electron chi connectivity index (χ3n) is 5.57. The maximum atomic E-state index is 13.0. The molecule has 10 heteroatoms. The highest BCUT2D eigenvalue weighted by atomic mass is 35.5. The number of ether oxygens (including phenoxy) is 2. The van der Waals surface area contributed by atoms with Crippen LogP contribution in [0.25, 0.3) is 0 Å². The van der Waals surface area contributed by atoms with Gasteiger partial charge in [0, 0.05) is 22.8 Å². The molecule has 2 heterocycles. The predicted octanol–water partition coefficient (Wildman–Crippen LogP) is 2.12. The third-order valence-corrected chi connectivity index (χ3v) is 5.81. The monoisotopic (exact) mass is 486 g/mol. The number of aliphatic hydroxyl groups is 1. The van der Waals surface area contributed by atoms with Gasteiger partial charge in [-0.25, -0.2) is 0 Å². The van der Waals surface area contributed by atoms with Gasteiger partial charge in [0.15, 0.2) is 18.0 Å². The number of aliphatic imine (C=N–C) groups is 1. The number of hydrogen-bond donors (Lipinski definition) is 3. The van der Waals surface area contributed by atoms with E-state index in [1.807, 2.05) is 13.8 Å². The fraction of sp³-hybridized carbons (Fsp3) is 0.375. The van der Waals surface area contributed by atoms with Crippen LogP contribution in [0.2, 0.25) is 5.02 Å². The van der Waals surface area contributed by atoms with Crippen LogP contribution in [0.3, 0.4) is 0 Å². The number of hydrogen-bond acceptors (Lipinski definition) is 8. The maximum Gasteiger partial charge on any atom is 0.256 e. The predicted molar refractivity (Wildman–Crippen MR) is 130 cm³/mol.